The van der Waals surface area contributed by atoms with Gasteiger partial charge in [-0.25, -0.2) is 4.79 Å². The first kappa shape index (κ1) is 18.2. The summed E-state index contributed by atoms with van der Waals surface area (Å²) >= 11 is 0. The highest BCUT2D eigenvalue weighted by atomic mass is 16.3. The Bertz CT molecular complexity index is 277. The van der Waals surface area contributed by atoms with E-state index in [-0.39, 0.29) is 17.5 Å². The summed E-state index contributed by atoms with van der Waals surface area (Å²) in [6.45, 7) is 14.9. The fraction of sp³-hybridized carbons (Fsp3) is 0.933. The highest BCUT2D eigenvalue weighted by Gasteiger charge is 2.22. The van der Waals surface area contributed by atoms with E-state index in [9.17, 15) is 9.90 Å². The number of carbonyl (C=O) groups excluding carboxylic acids is 1. The SMILES string of the molecule is CCN(CC(C)(C)O)C(=O)NC(C)CCC(C)(C)C. The van der Waals surface area contributed by atoms with Crippen molar-refractivity contribution in [1.29, 1.82) is 0 Å². The average Bonchev–Trinajstić information content (AvgIpc) is 2.20. The molecule has 0 aliphatic carbocycles. The van der Waals surface area contributed by atoms with E-state index < -0.39 is 5.60 Å². The van der Waals surface area contributed by atoms with Crippen molar-refractivity contribution in [1.82, 2.24) is 10.2 Å². The molecule has 19 heavy (non-hydrogen) atoms. The van der Waals surface area contributed by atoms with E-state index >= 15 is 0 Å². The van der Waals surface area contributed by atoms with Gasteiger partial charge in [0.2, 0.25) is 0 Å². The zero-order chi connectivity index (χ0) is 15.3. The van der Waals surface area contributed by atoms with E-state index in [1.54, 1.807) is 18.7 Å². The number of likely N-dealkylation sites (N-methyl/N-ethyl adjacent to an activating group) is 1. The molecular formula is C15H32N2O2. The van der Waals surface area contributed by atoms with Gasteiger partial charge in [0, 0.05) is 12.6 Å². The van der Waals surface area contributed by atoms with Gasteiger partial charge in [-0.15, -0.1) is 0 Å². The number of hydrogen-bond acceptors (Lipinski definition) is 2. The van der Waals surface area contributed by atoms with Crippen molar-refractivity contribution in [3.8, 4) is 0 Å². The van der Waals surface area contributed by atoms with Gasteiger partial charge in [-0.3, -0.25) is 0 Å². The predicted molar refractivity (Wildman–Crippen MR) is 80.2 cm³/mol. The number of urea groups is 1. The first-order chi connectivity index (χ1) is 8.44. The van der Waals surface area contributed by atoms with Gasteiger partial charge in [0.25, 0.3) is 0 Å². The van der Waals surface area contributed by atoms with E-state index in [0.717, 1.165) is 12.8 Å². The molecule has 2 amide bonds. The zero-order valence-electron chi connectivity index (χ0n) is 13.7. The molecule has 0 heterocycles. The van der Waals surface area contributed by atoms with Crippen molar-refractivity contribution < 1.29 is 9.90 Å². The number of amides is 2. The van der Waals surface area contributed by atoms with Gasteiger partial charge in [-0.2, -0.15) is 0 Å². The van der Waals surface area contributed by atoms with Crippen LogP contribution in [-0.2, 0) is 0 Å². The summed E-state index contributed by atoms with van der Waals surface area (Å²) < 4.78 is 0. The van der Waals surface area contributed by atoms with Gasteiger partial charge in [0.15, 0.2) is 0 Å². The van der Waals surface area contributed by atoms with Crippen LogP contribution in [0.1, 0.15) is 61.3 Å². The van der Waals surface area contributed by atoms with Crippen LogP contribution in [0.3, 0.4) is 0 Å². The topological polar surface area (TPSA) is 52.6 Å². The Balaban J connectivity index is 4.26. The van der Waals surface area contributed by atoms with Crippen LogP contribution >= 0.6 is 0 Å². The van der Waals surface area contributed by atoms with Crippen molar-refractivity contribution in [2.24, 2.45) is 5.41 Å². The number of nitrogens with one attached hydrogen (secondary N) is 1. The van der Waals surface area contributed by atoms with Gasteiger partial charge in [-0.1, -0.05) is 20.8 Å². The average molecular weight is 272 g/mol. The van der Waals surface area contributed by atoms with Crippen LogP contribution < -0.4 is 5.32 Å². The summed E-state index contributed by atoms with van der Waals surface area (Å²) in [7, 11) is 0. The van der Waals surface area contributed by atoms with Crippen LogP contribution in [0.5, 0.6) is 0 Å². The van der Waals surface area contributed by atoms with Gasteiger partial charge < -0.3 is 15.3 Å². The van der Waals surface area contributed by atoms with Crippen molar-refractivity contribution in [2.45, 2.75) is 73.0 Å². The first-order valence-corrected chi connectivity index (χ1v) is 7.22. The van der Waals surface area contributed by atoms with Crippen LogP contribution in [0, 0.1) is 5.41 Å². The van der Waals surface area contributed by atoms with Gasteiger partial charge in [-0.05, 0) is 46.0 Å². The number of nitrogens with zero attached hydrogens (tertiary/aromatic N) is 1. The summed E-state index contributed by atoms with van der Waals surface area (Å²) in [6.07, 6.45) is 2.04. The van der Waals surface area contributed by atoms with Gasteiger partial charge >= 0.3 is 6.03 Å². The molecule has 0 bridgehead atoms. The normalized spacial score (nSPS) is 14.1. The number of aliphatic hydroxyl groups is 1. The van der Waals surface area contributed by atoms with Gasteiger partial charge in [0.05, 0.1) is 12.1 Å². The second-order valence-corrected chi connectivity index (χ2v) is 7.28. The van der Waals surface area contributed by atoms with Crippen molar-refractivity contribution in [2.75, 3.05) is 13.1 Å². The van der Waals surface area contributed by atoms with E-state index in [1.165, 1.54) is 0 Å². The monoisotopic (exact) mass is 272 g/mol. The Labute approximate surface area is 118 Å². The van der Waals surface area contributed by atoms with Crippen LogP contribution in [0.15, 0.2) is 0 Å². The summed E-state index contributed by atoms with van der Waals surface area (Å²) in [5.74, 6) is 0. The number of carbonyl (C=O) groups is 1. The molecule has 4 heteroatoms. The molecule has 0 aromatic rings. The standard InChI is InChI=1S/C15H32N2O2/c1-8-17(11-15(6,7)19)13(18)16-12(2)9-10-14(3,4)5/h12,19H,8-11H2,1-7H3,(H,16,18). The lowest BCUT2D eigenvalue weighted by Gasteiger charge is -2.30. The predicted octanol–water partition coefficient (Wildman–Crippen LogP) is 3.00. The second kappa shape index (κ2) is 7.13. The largest absolute Gasteiger partial charge is 0.389 e. The third-order valence-electron chi connectivity index (χ3n) is 2.94. The Kier molecular flexibility index (Phi) is 6.84. The molecule has 0 aromatic heterocycles. The minimum Gasteiger partial charge on any atom is -0.389 e. The van der Waals surface area contributed by atoms with E-state index in [4.69, 9.17) is 0 Å². The van der Waals surface area contributed by atoms with E-state index in [1.807, 2.05) is 13.8 Å². The lowest BCUT2D eigenvalue weighted by Crippen LogP contribution is -2.49. The molecule has 114 valence electrons. The third-order valence-corrected chi connectivity index (χ3v) is 2.94. The quantitative estimate of drug-likeness (QED) is 0.781. The molecule has 2 N–H and O–H groups in total. The molecular weight excluding hydrogens is 240 g/mol. The molecule has 0 saturated heterocycles. The Morgan fingerprint density at radius 2 is 1.79 bits per heavy atom. The summed E-state index contributed by atoms with van der Waals surface area (Å²) in [4.78, 5) is 13.7. The van der Waals surface area contributed by atoms with Crippen molar-refractivity contribution >= 4 is 6.03 Å². The lowest BCUT2D eigenvalue weighted by atomic mass is 9.89. The molecule has 0 saturated carbocycles. The van der Waals surface area contributed by atoms with E-state index in [2.05, 4.69) is 26.1 Å². The maximum atomic E-state index is 12.1. The summed E-state index contributed by atoms with van der Waals surface area (Å²) in [5, 5.41) is 12.8. The maximum Gasteiger partial charge on any atom is 0.317 e. The Morgan fingerprint density at radius 3 is 2.16 bits per heavy atom. The molecule has 1 atom stereocenters. The molecule has 0 aromatic carbocycles. The number of rotatable bonds is 6. The smallest absolute Gasteiger partial charge is 0.317 e. The fourth-order valence-electron chi connectivity index (χ4n) is 1.82. The lowest BCUT2D eigenvalue weighted by molar-refractivity contribution is 0.0475. The van der Waals surface area contributed by atoms with E-state index in [0.29, 0.717) is 13.1 Å². The Hall–Kier alpha value is -0.770. The van der Waals surface area contributed by atoms with Crippen molar-refractivity contribution in [3.63, 3.8) is 0 Å². The zero-order valence-corrected chi connectivity index (χ0v) is 13.7. The molecule has 0 aliphatic heterocycles. The van der Waals surface area contributed by atoms with Crippen LogP contribution in [0.25, 0.3) is 0 Å². The maximum absolute atomic E-state index is 12.1. The highest BCUT2D eigenvalue weighted by molar-refractivity contribution is 5.74. The molecule has 0 aliphatic rings. The second-order valence-electron chi connectivity index (χ2n) is 7.28. The first-order valence-electron chi connectivity index (χ1n) is 7.22. The molecule has 0 fully saturated rings. The molecule has 0 radical (unpaired) electrons. The third kappa shape index (κ3) is 9.77. The highest BCUT2D eigenvalue weighted by Crippen LogP contribution is 2.21. The number of hydrogen-bond donors (Lipinski definition) is 2. The summed E-state index contributed by atoms with van der Waals surface area (Å²) in [6, 6.07) is 0.0635. The molecule has 0 spiro atoms. The van der Waals surface area contributed by atoms with Crippen molar-refractivity contribution in [3.05, 3.63) is 0 Å². The molecule has 0 rings (SSSR count). The molecule has 1 unspecified atom stereocenters. The minimum absolute atomic E-state index is 0.0916. The minimum atomic E-state index is -0.859. The van der Waals surface area contributed by atoms with Crippen LogP contribution in [0.4, 0.5) is 4.79 Å². The molecule has 4 nitrogen and oxygen atoms in total. The summed E-state index contributed by atoms with van der Waals surface area (Å²) in [5.41, 5.74) is -0.571. The Morgan fingerprint density at radius 1 is 1.26 bits per heavy atom. The van der Waals surface area contributed by atoms with Crippen LogP contribution in [0.2, 0.25) is 0 Å². The van der Waals surface area contributed by atoms with Gasteiger partial charge in [0.1, 0.15) is 0 Å². The van der Waals surface area contributed by atoms with Crippen LogP contribution in [-0.4, -0.2) is 40.8 Å². The fourth-order valence-corrected chi connectivity index (χ4v) is 1.82.